The topological polar surface area (TPSA) is 62.4 Å². The van der Waals surface area contributed by atoms with Crippen LogP contribution in [0.2, 0.25) is 0 Å². The summed E-state index contributed by atoms with van der Waals surface area (Å²) >= 11 is 0. The van der Waals surface area contributed by atoms with Crippen molar-refractivity contribution in [3.05, 3.63) is 11.7 Å². The molecule has 1 N–H and O–H groups in total. The summed E-state index contributed by atoms with van der Waals surface area (Å²) in [5, 5.41) is 14.0. The molecule has 1 heterocycles. The number of aliphatic hydroxyl groups is 1. The summed E-state index contributed by atoms with van der Waals surface area (Å²) in [6.45, 7) is 5.12. The minimum Gasteiger partial charge on any atom is -0.393 e. The molecule has 5 heteroatoms. The maximum Gasteiger partial charge on any atom is 0.243 e. The van der Waals surface area contributed by atoms with Gasteiger partial charge in [0.05, 0.1) is 12.1 Å². The van der Waals surface area contributed by atoms with Crippen LogP contribution in [0.4, 0.5) is 0 Å². The van der Waals surface area contributed by atoms with E-state index in [1.807, 2.05) is 0 Å². The van der Waals surface area contributed by atoms with Gasteiger partial charge in [0, 0.05) is 13.0 Å². The van der Waals surface area contributed by atoms with E-state index in [9.17, 15) is 5.11 Å². The van der Waals surface area contributed by atoms with Crippen molar-refractivity contribution >= 4 is 0 Å². The van der Waals surface area contributed by atoms with Crippen molar-refractivity contribution in [1.29, 1.82) is 0 Å². The highest BCUT2D eigenvalue weighted by Gasteiger charge is 2.28. The molecular weight excluding hydrogens is 254 g/mol. The summed E-state index contributed by atoms with van der Waals surface area (Å²) in [5.74, 6) is 1.87. The Morgan fingerprint density at radius 2 is 2.25 bits per heavy atom. The number of rotatable bonds is 7. The highest BCUT2D eigenvalue weighted by atomic mass is 16.5. The monoisotopic (exact) mass is 281 g/mol. The smallest absolute Gasteiger partial charge is 0.243 e. The first-order valence-corrected chi connectivity index (χ1v) is 7.82. The summed E-state index contributed by atoms with van der Waals surface area (Å²) in [6, 6.07) is 0.102. The van der Waals surface area contributed by atoms with Crippen molar-refractivity contribution < 1.29 is 9.63 Å². The Balaban J connectivity index is 1.88. The molecule has 1 aliphatic carbocycles. The zero-order valence-corrected chi connectivity index (χ0v) is 12.9. The van der Waals surface area contributed by atoms with Crippen LogP contribution in [0.5, 0.6) is 0 Å². The lowest BCUT2D eigenvalue weighted by Crippen LogP contribution is -2.32. The minimum absolute atomic E-state index is 0.102. The second-order valence-electron chi connectivity index (χ2n) is 6.03. The molecule has 0 spiro atoms. The lowest BCUT2D eigenvalue weighted by Gasteiger charge is -2.26. The molecule has 0 saturated heterocycles. The fourth-order valence-electron chi connectivity index (χ4n) is 2.82. The predicted octanol–water partition coefficient (Wildman–Crippen LogP) is 2.57. The van der Waals surface area contributed by atoms with Gasteiger partial charge in [-0.2, -0.15) is 4.98 Å². The maximum absolute atomic E-state index is 9.91. The van der Waals surface area contributed by atoms with Gasteiger partial charge in [-0.05, 0) is 39.2 Å². The number of unbranched alkanes of at least 4 members (excludes halogenated alkanes) is 1. The van der Waals surface area contributed by atoms with Crippen LogP contribution in [-0.2, 0) is 6.42 Å². The van der Waals surface area contributed by atoms with E-state index in [-0.39, 0.29) is 12.1 Å². The fraction of sp³-hybridized carbons (Fsp3) is 0.867. The van der Waals surface area contributed by atoms with Crippen LogP contribution in [0.3, 0.4) is 0 Å². The molecule has 0 aromatic carbocycles. The summed E-state index contributed by atoms with van der Waals surface area (Å²) in [7, 11) is 2.06. The first kappa shape index (κ1) is 15.4. The zero-order valence-electron chi connectivity index (χ0n) is 12.9. The van der Waals surface area contributed by atoms with Gasteiger partial charge < -0.3 is 9.63 Å². The normalized spacial score (nSPS) is 24.4. The average Bonchev–Trinajstić information content (AvgIpc) is 3.05. The van der Waals surface area contributed by atoms with Crippen LogP contribution < -0.4 is 0 Å². The van der Waals surface area contributed by atoms with E-state index in [2.05, 4.69) is 35.9 Å². The fourth-order valence-corrected chi connectivity index (χ4v) is 2.82. The highest BCUT2D eigenvalue weighted by Crippen LogP contribution is 2.28. The number of nitrogens with zero attached hydrogens (tertiary/aromatic N) is 3. The molecule has 5 nitrogen and oxygen atoms in total. The van der Waals surface area contributed by atoms with Crippen molar-refractivity contribution in [3.63, 3.8) is 0 Å². The minimum atomic E-state index is -0.146. The maximum atomic E-state index is 9.91. The third-order valence-corrected chi connectivity index (χ3v) is 4.40. The first-order chi connectivity index (χ1) is 9.61. The second kappa shape index (κ2) is 7.18. The standard InChI is InChI=1S/C15H27N3O2/c1-4-5-9-14-16-15(20-17-14)11(2)18(3)10-12-7-6-8-13(12)19/h11-13,19H,4-10H2,1-3H3. The molecular formula is C15H27N3O2. The highest BCUT2D eigenvalue weighted by molar-refractivity contribution is 4.93. The number of hydrogen-bond donors (Lipinski definition) is 1. The molecule has 1 aromatic rings. The number of hydrogen-bond acceptors (Lipinski definition) is 5. The van der Waals surface area contributed by atoms with Crippen molar-refractivity contribution in [3.8, 4) is 0 Å². The molecule has 1 saturated carbocycles. The van der Waals surface area contributed by atoms with E-state index >= 15 is 0 Å². The Morgan fingerprint density at radius 3 is 2.90 bits per heavy atom. The van der Waals surface area contributed by atoms with Crippen molar-refractivity contribution in [1.82, 2.24) is 15.0 Å². The largest absolute Gasteiger partial charge is 0.393 e. The van der Waals surface area contributed by atoms with Gasteiger partial charge in [-0.1, -0.05) is 24.9 Å². The number of aryl methyl sites for hydroxylation is 1. The summed E-state index contributed by atoms with van der Waals surface area (Å²) in [5.41, 5.74) is 0. The Hall–Kier alpha value is -0.940. The van der Waals surface area contributed by atoms with Crippen LogP contribution in [0.25, 0.3) is 0 Å². The van der Waals surface area contributed by atoms with E-state index < -0.39 is 0 Å². The molecule has 20 heavy (non-hydrogen) atoms. The van der Waals surface area contributed by atoms with Crippen LogP contribution >= 0.6 is 0 Å². The van der Waals surface area contributed by atoms with E-state index in [1.54, 1.807) is 0 Å². The third-order valence-electron chi connectivity index (χ3n) is 4.40. The van der Waals surface area contributed by atoms with Gasteiger partial charge >= 0.3 is 0 Å². The van der Waals surface area contributed by atoms with Gasteiger partial charge in [0.15, 0.2) is 5.82 Å². The first-order valence-electron chi connectivity index (χ1n) is 7.82. The van der Waals surface area contributed by atoms with Crippen LogP contribution in [0.1, 0.15) is 63.7 Å². The van der Waals surface area contributed by atoms with Gasteiger partial charge in [0.1, 0.15) is 0 Å². The zero-order chi connectivity index (χ0) is 14.5. The molecule has 0 bridgehead atoms. The van der Waals surface area contributed by atoms with Crippen LogP contribution in [0.15, 0.2) is 4.52 Å². The molecule has 1 aromatic heterocycles. The molecule has 3 atom stereocenters. The second-order valence-corrected chi connectivity index (χ2v) is 6.03. The van der Waals surface area contributed by atoms with Gasteiger partial charge in [-0.25, -0.2) is 0 Å². The Kier molecular flexibility index (Phi) is 5.54. The predicted molar refractivity (Wildman–Crippen MR) is 77.3 cm³/mol. The molecule has 0 aliphatic heterocycles. The third kappa shape index (κ3) is 3.79. The molecule has 114 valence electrons. The molecule has 1 fully saturated rings. The summed E-state index contributed by atoms with van der Waals surface area (Å²) < 4.78 is 5.37. The molecule has 0 radical (unpaired) electrons. The van der Waals surface area contributed by atoms with E-state index in [1.165, 1.54) is 0 Å². The molecule has 2 rings (SSSR count). The number of aromatic nitrogens is 2. The quantitative estimate of drug-likeness (QED) is 0.832. The Labute approximate surface area is 121 Å². The van der Waals surface area contributed by atoms with Gasteiger partial charge in [0.25, 0.3) is 0 Å². The van der Waals surface area contributed by atoms with E-state index in [0.29, 0.717) is 11.8 Å². The van der Waals surface area contributed by atoms with E-state index in [4.69, 9.17) is 4.52 Å². The summed E-state index contributed by atoms with van der Waals surface area (Å²) in [6.07, 6.45) is 6.16. The van der Waals surface area contributed by atoms with Crippen molar-refractivity contribution in [2.45, 2.75) is 64.5 Å². The van der Waals surface area contributed by atoms with Gasteiger partial charge in [-0.3, -0.25) is 4.90 Å². The molecule has 0 amide bonds. The lowest BCUT2D eigenvalue weighted by atomic mass is 10.0. The SMILES string of the molecule is CCCCc1noc(C(C)N(C)CC2CCCC2O)n1. The van der Waals surface area contributed by atoms with Crippen molar-refractivity contribution in [2.75, 3.05) is 13.6 Å². The summed E-state index contributed by atoms with van der Waals surface area (Å²) in [4.78, 5) is 6.69. The van der Waals surface area contributed by atoms with Crippen LogP contribution in [-0.4, -0.2) is 39.8 Å². The van der Waals surface area contributed by atoms with E-state index in [0.717, 1.165) is 50.9 Å². The van der Waals surface area contributed by atoms with Gasteiger partial charge in [0.2, 0.25) is 5.89 Å². The van der Waals surface area contributed by atoms with Gasteiger partial charge in [-0.15, -0.1) is 0 Å². The van der Waals surface area contributed by atoms with Crippen LogP contribution in [0, 0.1) is 5.92 Å². The Morgan fingerprint density at radius 1 is 1.45 bits per heavy atom. The number of aliphatic hydroxyl groups excluding tert-OH is 1. The average molecular weight is 281 g/mol. The molecule has 3 unspecified atom stereocenters. The van der Waals surface area contributed by atoms with Crippen molar-refractivity contribution in [2.24, 2.45) is 5.92 Å². The molecule has 1 aliphatic rings. The Bertz CT molecular complexity index is 408. The lowest BCUT2D eigenvalue weighted by molar-refractivity contribution is 0.0930.